The third-order valence-corrected chi connectivity index (χ3v) is 6.00. The van der Waals surface area contributed by atoms with Gasteiger partial charge in [-0.2, -0.15) is 0 Å². The van der Waals surface area contributed by atoms with Gasteiger partial charge < -0.3 is 9.84 Å². The molecule has 26 heavy (non-hydrogen) atoms. The van der Waals surface area contributed by atoms with E-state index >= 15 is 0 Å². The predicted octanol–water partition coefficient (Wildman–Crippen LogP) is 3.55. The van der Waals surface area contributed by atoms with Crippen LogP contribution in [0.4, 0.5) is 0 Å². The van der Waals surface area contributed by atoms with Gasteiger partial charge in [0.1, 0.15) is 0 Å². The summed E-state index contributed by atoms with van der Waals surface area (Å²) in [4.78, 5) is 18.2. The number of aromatic hydroxyl groups is 1. The van der Waals surface area contributed by atoms with E-state index in [-0.39, 0.29) is 11.3 Å². The molecule has 132 valence electrons. The third kappa shape index (κ3) is 2.59. The van der Waals surface area contributed by atoms with Crippen LogP contribution in [0.15, 0.2) is 33.5 Å². The molecule has 0 atom stereocenters. The molecular weight excluding hydrogens is 416 g/mol. The number of hydrogen-bond donors (Lipinski definition) is 1. The maximum Gasteiger partial charge on any atom is 0.274 e. The summed E-state index contributed by atoms with van der Waals surface area (Å²) < 4.78 is 7.91. The minimum Gasteiger partial charge on any atom is -0.503 e. The normalized spacial score (nSPS) is 12.4. The Labute approximate surface area is 161 Å². The van der Waals surface area contributed by atoms with Gasteiger partial charge in [0.2, 0.25) is 0 Å². The highest BCUT2D eigenvalue weighted by Crippen LogP contribution is 2.35. The molecule has 0 fully saturated rings. The molecule has 0 spiro atoms. The number of benzene rings is 2. The lowest BCUT2D eigenvalue weighted by Gasteiger charge is -2.06. The zero-order valence-corrected chi connectivity index (χ0v) is 16.7. The van der Waals surface area contributed by atoms with E-state index in [2.05, 4.69) is 20.9 Å². The molecule has 4 aromatic rings. The van der Waals surface area contributed by atoms with Gasteiger partial charge in [0.15, 0.2) is 16.5 Å². The molecule has 2 heterocycles. The fourth-order valence-corrected chi connectivity index (χ4v) is 4.35. The molecule has 0 aliphatic rings. The predicted molar refractivity (Wildman–Crippen MR) is 107 cm³/mol. The minimum absolute atomic E-state index is 0.0322. The summed E-state index contributed by atoms with van der Waals surface area (Å²) in [7, 11) is 1.49. The number of thiazole rings is 1. The van der Waals surface area contributed by atoms with Crippen LogP contribution in [0.25, 0.3) is 22.1 Å². The summed E-state index contributed by atoms with van der Waals surface area (Å²) in [5.41, 5.74) is 4.60. The minimum atomic E-state index is -0.0982. The van der Waals surface area contributed by atoms with Gasteiger partial charge in [0.25, 0.3) is 5.56 Å². The van der Waals surface area contributed by atoms with E-state index in [9.17, 15) is 9.90 Å². The lowest BCUT2D eigenvalue weighted by Crippen LogP contribution is -2.22. The van der Waals surface area contributed by atoms with Crippen LogP contribution in [0, 0.1) is 13.8 Å². The first-order chi connectivity index (χ1) is 12.4. The van der Waals surface area contributed by atoms with Crippen LogP contribution < -0.4 is 14.8 Å². The molecule has 0 aliphatic heterocycles. The molecule has 1 N–H and O–H groups in total. The number of ether oxygens (including phenoxy) is 1. The molecule has 5 nitrogen and oxygen atoms in total. The number of aryl methyl sites for hydroxylation is 2. The molecule has 0 aliphatic carbocycles. The van der Waals surface area contributed by atoms with Crippen LogP contribution in [0.3, 0.4) is 0 Å². The van der Waals surface area contributed by atoms with Crippen molar-refractivity contribution in [2.45, 2.75) is 13.8 Å². The Morgan fingerprint density at radius 2 is 1.96 bits per heavy atom. The summed E-state index contributed by atoms with van der Waals surface area (Å²) in [6.45, 7) is 4.06. The Kier molecular flexibility index (Phi) is 4.00. The Bertz CT molecular complexity index is 1290. The first-order valence-electron chi connectivity index (χ1n) is 7.89. The number of fused-ring (bicyclic) bond motifs is 3. The number of nitrogens with zero attached hydrogens (tertiary/aromatic N) is 2. The fourth-order valence-electron chi connectivity index (χ4n) is 2.90. The third-order valence-electron chi connectivity index (χ3n) is 4.42. The van der Waals surface area contributed by atoms with Crippen molar-refractivity contribution >= 4 is 49.3 Å². The van der Waals surface area contributed by atoms with Crippen molar-refractivity contribution < 1.29 is 9.84 Å². The molecular formula is C19H15BrN2O3S. The van der Waals surface area contributed by atoms with Crippen LogP contribution in [0.5, 0.6) is 11.5 Å². The Morgan fingerprint density at radius 3 is 2.69 bits per heavy atom. The summed E-state index contributed by atoms with van der Waals surface area (Å²) in [5, 5.41) is 9.93. The maximum absolute atomic E-state index is 12.9. The van der Waals surface area contributed by atoms with E-state index in [1.807, 2.05) is 26.0 Å². The van der Waals surface area contributed by atoms with Crippen molar-refractivity contribution in [3.63, 3.8) is 0 Å². The largest absolute Gasteiger partial charge is 0.503 e. The van der Waals surface area contributed by atoms with E-state index < -0.39 is 0 Å². The highest BCUT2D eigenvalue weighted by atomic mass is 79.9. The second kappa shape index (κ2) is 6.10. The number of imidazole rings is 1. The number of aromatic nitrogens is 2. The zero-order chi connectivity index (χ0) is 18.6. The van der Waals surface area contributed by atoms with Crippen molar-refractivity contribution in [3.05, 3.63) is 60.3 Å². The average Bonchev–Trinajstić information content (AvgIpc) is 3.08. The number of phenolic OH excluding ortho intramolecular Hbond substituents is 1. The molecule has 2 aromatic heterocycles. The Hall–Kier alpha value is -2.38. The SMILES string of the molecule is COc1cc(/C=c2/sc3nc4cc(C)c(C)cc4n3c2=O)cc(Br)c1O. The summed E-state index contributed by atoms with van der Waals surface area (Å²) in [6, 6.07) is 7.44. The van der Waals surface area contributed by atoms with Crippen molar-refractivity contribution in [2.75, 3.05) is 7.11 Å². The van der Waals surface area contributed by atoms with Crippen LogP contribution in [0.1, 0.15) is 16.7 Å². The van der Waals surface area contributed by atoms with E-state index in [0.29, 0.717) is 19.7 Å². The monoisotopic (exact) mass is 430 g/mol. The second-order valence-corrected chi connectivity index (χ2v) is 7.99. The van der Waals surface area contributed by atoms with Crippen LogP contribution in [-0.2, 0) is 0 Å². The first-order valence-corrected chi connectivity index (χ1v) is 9.50. The molecule has 4 rings (SSSR count). The lowest BCUT2D eigenvalue weighted by molar-refractivity contribution is 0.372. The van der Waals surface area contributed by atoms with E-state index in [1.165, 1.54) is 18.4 Å². The molecule has 0 radical (unpaired) electrons. The summed E-state index contributed by atoms with van der Waals surface area (Å²) in [5.74, 6) is 0.376. The first kappa shape index (κ1) is 17.1. The fraction of sp³-hybridized carbons (Fsp3) is 0.158. The molecule has 0 saturated carbocycles. The summed E-state index contributed by atoms with van der Waals surface area (Å²) >= 11 is 4.65. The molecule has 7 heteroatoms. The maximum atomic E-state index is 12.9. The van der Waals surface area contributed by atoms with Crippen LogP contribution >= 0.6 is 27.3 Å². The van der Waals surface area contributed by atoms with Gasteiger partial charge in [-0.1, -0.05) is 11.3 Å². The lowest BCUT2D eigenvalue weighted by atomic mass is 10.1. The van der Waals surface area contributed by atoms with Crippen molar-refractivity contribution in [3.8, 4) is 11.5 Å². The zero-order valence-electron chi connectivity index (χ0n) is 14.3. The number of halogens is 1. The molecule has 0 saturated heterocycles. The number of phenols is 1. The van der Waals surface area contributed by atoms with Gasteiger partial charge in [0.05, 0.1) is 27.1 Å². The van der Waals surface area contributed by atoms with E-state index in [4.69, 9.17) is 4.74 Å². The molecule has 0 bridgehead atoms. The quantitative estimate of drug-likeness (QED) is 0.528. The molecule has 0 unspecified atom stereocenters. The summed E-state index contributed by atoms with van der Waals surface area (Å²) in [6.07, 6.45) is 1.78. The van der Waals surface area contributed by atoms with E-state index in [0.717, 1.165) is 27.7 Å². The standard InChI is InChI=1S/C19H15BrN2O3S/c1-9-4-13-14(5-10(9)2)22-18(24)16(26-19(22)21-13)8-11-6-12(20)17(23)15(7-11)25-3/h4-8,23H,1-3H3/b16-8+. The van der Waals surface area contributed by atoms with Gasteiger partial charge in [-0.3, -0.25) is 4.79 Å². The Morgan fingerprint density at radius 1 is 1.23 bits per heavy atom. The number of rotatable bonds is 2. The average molecular weight is 431 g/mol. The highest BCUT2D eigenvalue weighted by Gasteiger charge is 2.13. The van der Waals surface area contributed by atoms with Crippen molar-refractivity contribution in [2.24, 2.45) is 0 Å². The van der Waals surface area contributed by atoms with Gasteiger partial charge in [-0.15, -0.1) is 0 Å². The van der Waals surface area contributed by atoms with Gasteiger partial charge in [-0.25, -0.2) is 9.38 Å². The smallest absolute Gasteiger partial charge is 0.274 e. The molecule has 0 amide bonds. The Balaban J connectivity index is 1.97. The highest BCUT2D eigenvalue weighted by molar-refractivity contribution is 9.10. The van der Waals surface area contributed by atoms with Crippen LogP contribution in [0.2, 0.25) is 0 Å². The van der Waals surface area contributed by atoms with Crippen molar-refractivity contribution in [1.82, 2.24) is 9.38 Å². The number of methoxy groups -OCH3 is 1. The van der Waals surface area contributed by atoms with Gasteiger partial charge >= 0.3 is 0 Å². The molecule has 2 aromatic carbocycles. The topological polar surface area (TPSA) is 63.8 Å². The number of hydrogen-bond acceptors (Lipinski definition) is 5. The second-order valence-electron chi connectivity index (χ2n) is 6.12. The van der Waals surface area contributed by atoms with Crippen molar-refractivity contribution in [1.29, 1.82) is 0 Å². The van der Waals surface area contributed by atoms with Gasteiger partial charge in [-0.05, 0) is 76.8 Å². The van der Waals surface area contributed by atoms with Gasteiger partial charge in [0, 0.05) is 0 Å². The van der Waals surface area contributed by atoms with E-state index in [1.54, 1.807) is 22.6 Å². The van der Waals surface area contributed by atoms with Crippen LogP contribution in [-0.4, -0.2) is 21.6 Å².